The molecule has 1 N–H and O–H groups in total. The Kier molecular flexibility index (Phi) is 4.85. The molecule has 1 saturated heterocycles. The Balaban J connectivity index is 1.90. The van der Waals surface area contributed by atoms with Gasteiger partial charge in [-0.25, -0.2) is 4.68 Å². The van der Waals surface area contributed by atoms with Crippen molar-refractivity contribution in [3.05, 3.63) is 46.8 Å². The van der Waals surface area contributed by atoms with Crippen molar-refractivity contribution >= 4 is 11.9 Å². The molecule has 0 bridgehead atoms. The smallest absolute Gasteiger partial charge is 0.308 e. The first-order chi connectivity index (χ1) is 12.3. The van der Waals surface area contributed by atoms with E-state index in [2.05, 4.69) is 11.2 Å². The highest BCUT2D eigenvalue weighted by atomic mass is 16.4. The quantitative estimate of drug-likeness (QED) is 0.918. The van der Waals surface area contributed by atoms with E-state index in [0.29, 0.717) is 18.5 Å². The molecule has 1 amide bonds. The van der Waals surface area contributed by atoms with Gasteiger partial charge in [0.15, 0.2) is 5.69 Å². The van der Waals surface area contributed by atoms with Crippen molar-refractivity contribution in [3.8, 4) is 5.69 Å². The van der Waals surface area contributed by atoms with Gasteiger partial charge >= 0.3 is 5.97 Å². The van der Waals surface area contributed by atoms with E-state index in [1.54, 1.807) is 15.6 Å². The molecule has 2 heterocycles. The lowest BCUT2D eigenvalue weighted by Gasteiger charge is -2.36. The first kappa shape index (κ1) is 18.2. The van der Waals surface area contributed by atoms with Crippen LogP contribution in [0.5, 0.6) is 0 Å². The molecule has 0 spiro atoms. The number of carbonyl (C=O) groups excluding carboxylic acids is 1. The minimum atomic E-state index is -0.841. The zero-order chi connectivity index (χ0) is 19.0. The molecule has 1 aliphatic rings. The lowest BCUT2D eigenvalue weighted by molar-refractivity contribution is -0.143. The Bertz CT molecular complexity index is 836. The molecule has 1 aliphatic heterocycles. The number of carboxylic acid groups (broad SMARTS) is 1. The van der Waals surface area contributed by atoms with Gasteiger partial charge in [-0.3, -0.25) is 9.59 Å². The third-order valence-corrected chi connectivity index (χ3v) is 5.05. The summed E-state index contributed by atoms with van der Waals surface area (Å²) in [6, 6.07) is 7.95. The molecule has 3 rings (SSSR count). The largest absolute Gasteiger partial charge is 0.481 e. The summed E-state index contributed by atoms with van der Waals surface area (Å²) >= 11 is 0. The van der Waals surface area contributed by atoms with Crippen LogP contribution < -0.4 is 0 Å². The van der Waals surface area contributed by atoms with E-state index in [-0.39, 0.29) is 18.5 Å². The number of benzene rings is 1. The average Bonchev–Trinajstić information content (AvgIpc) is 2.95. The second-order valence-corrected chi connectivity index (χ2v) is 7.35. The van der Waals surface area contributed by atoms with Crippen LogP contribution in [-0.4, -0.2) is 44.3 Å². The highest BCUT2D eigenvalue weighted by molar-refractivity contribution is 5.93. The molecule has 0 aliphatic carbocycles. The van der Waals surface area contributed by atoms with E-state index < -0.39 is 11.9 Å². The van der Waals surface area contributed by atoms with Crippen molar-refractivity contribution in [3.63, 3.8) is 0 Å². The second-order valence-electron chi connectivity index (χ2n) is 7.35. The standard InChI is InChI=1S/C20H25N3O3/c1-12-7-13(2)9-17(8-12)23-15(4)10-18(21-23)19(24)22-11-16(20(25)26)6-5-14(22)3/h7-10,14,16H,5-6,11H2,1-4H3,(H,25,26). The van der Waals surface area contributed by atoms with Gasteiger partial charge in [0.1, 0.15) is 0 Å². The summed E-state index contributed by atoms with van der Waals surface area (Å²) in [5, 5.41) is 13.8. The number of rotatable bonds is 3. The molecule has 1 fully saturated rings. The maximum atomic E-state index is 13.0. The van der Waals surface area contributed by atoms with Crippen molar-refractivity contribution in [2.75, 3.05) is 6.54 Å². The molecule has 6 heteroatoms. The van der Waals surface area contributed by atoms with Gasteiger partial charge in [-0.05, 0) is 69.9 Å². The number of likely N-dealkylation sites (tertiary alicyclic amines) is 1. The number of aliphatic carboxylic acids is 1. The highest BCUT2D eigenvalue weighted by Gasteiger charge is 2.34. The number of carbonyl (C=O) groups is 2. The molecule has 0 radical (unpaired) electrons. The fraction of sp³-hybridized carbons (Fsp3) is 0.450. The molecule has 138 valence electrons. The Morgan fingerprint density at radius 1 is 1.08 bits per heavy atom. The minimum Gasteiger partial charge on any atom is -0.481 e. The topological polar surface area (TPSA) is 75.4 Å². The Morgan fingerprint density at radius 3 is 2.35 bits per heavy atom. The van der Waals surface area contributed by atoms with Gasteiger partial charge in [-0.2, -0.15) is 5.10 Å². The second kappa shape index (κ2) is 6.94. The summed E-state index contributed by atoms with van der Waals surface area (Å²) in [6.07, 6.45) is 1.30. The van der Waals surface area contributed by atoms with Gasteiger partial charge in [0.25, 0.3) is 5.91 Å². The van der Waals surface area contributed by atoms with E-state index >= 15 is 0 Å². The highest BCUT2D eigenvalue weighted by Crippen LogP contribution is 2.24. The Hall–Kier alpha value is -2.63. The fourth-order valence-electron chi connectivity index (χ4n) is 3.65. The molecule has 2 aromatic rings. The predicted molar refractivity (Wildman–Crippen MR) is 98.6 cm³/mol. The summed E-state index contributed by atoms with van der Waals surface area (Å²) in [5.74, 6) is -1.54. The molecule has 2 atom stereocenters. The van der Waals surface area contributed by atoms with Gasteiger partial charge in [0.05, 0.1) is 11.6 Å². The van der Waals surface area contributed by atoms with Crippen LogP contribution in [0.25, 0.3) is 5.69 Å². The van der Waals surface area contributed by atoms with E-state index in [1.807, 2.05) is 39.8 Å². The third-order valence-electron chi connectivity index (χ3n) is 5.05. The number of hydrogen-bond acceptors (Lipinski definition) is 3. The number of piperidine rings is 1. The Morgan fingerprint density at radius 2 is 1.73 bits per heavy atom. The summed E-state index contributed by atoms with van der Waals surface area (Å²) < 4.78 is 1.77. The monoisotopic (exact) mass is 355 g/mol. The van der Waals surface area contributed by atoms with Crippen molar-refractivity contribution < 1.29 is 14.7 Å². The number of carboxylic acids is 1. The predicted octanol–water partition coefficient (Wildman–Crippen LogP) is 3.12. The van der Waals surface area contributed by atoms with Gasteiger partial charge in [0.2, 0.25) is 0 Å². The zero-order valence-electron chi connectivity index (χ0n) is 15.7. The summed E-state index contributed by atoms with van der Waals surface area (Å²) in [5.41, 5.74) is 4.43. The number of amides is 1. The summed E-state index contributed by atoms with van der Waals surface area (Å²) in [6.45, 7) is 8.18. The summed E-state index contributed by atoms with van der Waals surface area (Å²) in [7, 11) is 0. The molecule has 26 heavy (non-hydrogen) atoms. The minimum absolute atomic E-state index is 0.0183. The van der Waals surface area contributed by atoms with Gasteiger partial charge in [0, 0.05) is 18.3 Å². The number of hydrogen-bond donors (Lipinski definition) is 1. The van der Waals surface area contributed by atoms with E-state index in [1.165, 1.54) is 0 Å². The molecule has 1 aromatic heterocycles. The van der Waals surface area contributed by atoms with Crippen molar-refractivity contribution in [1.82, 2.24) is 14.7 Å². The van der Waals surface area contributed by atoms with Crippen LogP contribution in [0.1, 0.15) is 47.1 Å². The van der Waals surface area contributed by atoms with Crippen LogP contribution in [0.15, 0.2) is 24.3 Å². The molecule has 1 aromatic carbocycles. The number of aromatic nitrogens is 2. The van der Waals surface area contributed by atoms with E-state index in [4.69, 9.17) is 0 Å². The molecular formula is C20H25N3O3. The Labute approximate surface area is 153 Å². The van der Waals surface area contributed by atoms with Crippen molar-refractivity contribution in [2.45, 2.75) is 46.6 Å². The van der Waals surface area contributed by atoms with Crippen molar-refractivity contribution in [2.24, 2.45) is 5.92 Å². The number of aryl methyl sites for hydroxylation is 3. The lowest BCUT2D eigenvalue weighted by atomic mass is 9.93. The van der Waals surface area contributed by atoms with Gasteiger partial charge in [-0.15, -0.1) is 0 Å². The first-order valence-corrected chi connectivity index (χ1v) is 8.95. The van der Waals surface area contributed by atoms with Gasteiger partial charge < -0.3 is 10.0 Å². The maximum Gasteiger partial charge on any atom is 0.308 e. The summed E-state index contributed by atoms with van der Waals surface area (Å²) in [4.78, 5) is 25.9. The van der Waals surface area contributed by atoms with Crippen LogP contribution in [0, 0.1) is 26.7 Å². The third kappa shape index (κ3) is 3.49. The van der Waals surface area contributed by atoms with Crippen molar-refractivity contribution in [1.29, 1.82) is 0 Å². The SMILES string of the molecule is Cc1cc(C)cc(-n2nc(C(=O)N3CC(C(=O)O)CCC3C)cc2C)c1. The van der Waals surface area contributed by atoms with Crippen LogP contribution >= 0.6 is 0 Å². The van der Waals surface area contributed by atoms with Crippen LogP contribution in [0.2, 0.25) is 0 Å². The van der Waals surface area contributed by atoms with Crippen LogP contribution in [0.3, 0.4) is 0 Å². The fourth-order valence-corrected chi connectivity index (χ4v) is 3.65. The average molecular weight is 355 g/mol. The van der Waals surface area contributed by atoms with E-state index in [9.17, 15) is 14.7 Å². The molecular weight excluding hydrogens is 330 g/mol. The molecule has 0 saturated carbocycles. The van der Waals surface area contributed by atoms with E-state index in [0.717, 1.165) is 22.5 Å². The maximum absolute atomic E-state index is 13.0. The molecule has 2 unspecified atom stereocenters. The molecule has 6 nitrogen and oxygen atoms in total. The zero-order valence-corrected chi connectivity index (χ0v) is 15.7. The van der Waals surface area contributed by atoms with Gasteiger partial charge in [-0.1, -0.05) is 6.07 Å². The lowest BCUT2D eigenvalue weighted by Crippen LogP contribution is -2.47. The van der Waals surface area contributed by atoms with Crippen LogP contribution in [0.4, 0.5) is 0 Å². The van der Waals surface area contributed by atoms with Crippen LogP contribution in [-0.2, 0) is 4.79 Å². The normalized spacial score (nSPS) is 20.2. The number of nitrogens with zero attached hydrogens (tertiary/aromatic N) is 3. The first-order valence-electron chi connectivity index (χ1n) is 8.95.